The number of amides is 2. The third kappa shape index (κ3) is 4.37. The smallest absolute Gasteiger partial charge is 0.257 e. The molecule has 2 aromatic carbocycles. The molecule has 0 heterocycles. The normalized spacial score (nSPS) is 9.83. The van der Waals surface area contributed by atoms with Crippen LogP contribution in [0.1, 0.15) is 20.7 Å². The van der Waals surface area contributed by atoms with E-state index in [1.54, 1.807) is 62.6 Å². The number of hydrogen-bond donors (Lipinski definition) is 2. The molecule has 0 aliphatic rings. The fourth-order valence-electron chi connectivity index (χ4n) is 1.94. The summed E-state index contributed by atoms with van der Waals surface area (Å²) >= 11 is 5.16. The molecule has 0 atom stereocenters. The molecular formula is C17H17N3O2S. The Morgan fingerprint density at radius 2 is 1.57 bits per heavy atom. The summed E-state index contributed by atoms with van der Waals surface area (Å²) in [4.78, 5) is 25.7. The highest BCUT2D eigenvalue weighted by Crippen LogP contribution is 2.16. The summed E-state index contributed by atoms with van der Waals surface area (Å²) in [7, 11) is 3.35. The molecule has 0 radical (unpaired) electrons. The molecule has 23 heavy (non-hydrogen) atoms. The molecule has 6 heteroatoms. The van der Waals surface area contributed by atoms with Crippen molar-refractivity contribution in [1.82, 2.24) is 10.2 Å². The van der Waals surface area contributed by atoms with Crippen LogP contribution in [0.5, 0.6) is 0 Å². The van der Waals surface area contributed by atoms with Crippen LogP contribution in [-0.4, -0.2) is 35.9 Å². The van der Waals surface area contributed by atoms with Crippen molar-refractivity contribution < 1.29 is 9.59 Å². The third-order valence-corrected chi connectivity index (χ3v) is 3.28. The van der Waals surface area contributed by atoms with Gasteiger partial charge in [-0.3, -0.25) is 14.9 Å². The third-order valence-electron chi connectivity index (χ3n) is 3.07. The van der Waals surface area contributed by atoms with Gasteiger partial charge in [-0.2, -0.15) is 0 Å². The molecule has 0 unspecified atom stereocenters. The number of nitrogens with zero attached hydrogens (tertiary/aromatic N) is 1. The Labute approximate surface area is 140 Å². The summed E-state index contributed by atoms with van der Waals surface area (Å²) in [6, 6.07) is 15.8. The summed E-state index contributed by atoms with van der Waals surface area (Å²) in [6.45, 7) is 0. The van der Waals surface area contributed by atoms with E-state index in [1.165, 1.54) is 4.90 Å². The van der Waals surface area contributed by atoms with Gasteiger partial charge >= 0.3 is 0 Å². The first-order valence-corrected chi connectivity index (χ1v) is 7.38. The number of rotatable bonds is 3. The molecule has 2 rings (SSSR count). The molecule has 0 fully saturated rings. The van der Waals surface area contributed by atoms with Crippen molar-refractivity contribution in [3.8, 4) is 0 Å². The number of nitrogens with one attached hydrogen (secondary N) is 2. The van der Waals surface area contributed by atoms with Crippen LogP contribution >= 0.6 is 12.2 Å². The summed E-state index contributed by atoms with van der Waals surface area (Å²) in [5.74, 6) is -0.454. The minimum atomic E-state index is -0.306. The van der Waals surface area contributed by atoms with Crippen molar-refractivity contribution in [3.05, 3.63) is 65.7 Å². The maximum atomic E-state index is 12.1. The number of anilines is 1. The first-order valence-electron chi connectivity index (χ1n) is 6.97. The van der Waals surface area contributed by atoms with Crippen LogP contribution in [0.2, 0.25) is 0 Å². The summed E-state index contributed by atoms with van der Waals surface area (Å²) in [5.41, 5.74) is 1.53. The predicted octanol–water partition coefficient (Wildman–Crippen LogP) is 2.52. The summed E-state index contributed by atoms with van der Waals surface area (Å²) in [6.07, 6.45) is 0. The Kier molecular flexibility index (Phi) is 5.43. The second kappa shape index (κ2) is 7.51. The molecule has 0 aliphatic heterocycles. The average molecular weight is 327 g/mol. The largest absolute Gasteiger partial charge is 0.345 e. The van der Waals surface area contributed by atoms with Crippen molar-refractivity contribution in [3.63, 3.8) is 0 Å². The van der Waals surface area contributed by atoms with Crippen molar-refractivity contribution in [2.24, 2.45) is 0 Å². The lowest BCUT2D eigenvalue weighted by Gasteiger charge is -2.16. The van der Waals surface area contributed by atoms with Gasteiger partial charge in [-0.15, -0.1) is 0 Å². The number of carbonyl (C=O) groups excluding carboxylic acids is 2. The molecule has 2 aromatic rings. The van der Waals surface area contributed by atoms with Gasteiger partial charge in [-0.25, -0.2) is 0 Å². The molecule has 0 saturated heterocycles. The Balaban J connectivity index is 2.09. The van der Waals surface area contributed by atoms with Gasteiger partial charge in [0.2, 0.25) is 0 Å². The lowest BCUT2D eigenvalue weighted by molar-refractivity contribution is 0.0828. The van der Waals surface area contributed by atoms with Crippen LogP contribution in [0.4, 0.5) is 5.69 Å². The Morgan fingerprint density at radius 1 is 0.957 bits per heavy atom. The number of hydrogen-bond acceptors (Lipinski definition) is 3. The van der Waals surface area contributed by atoms with E-state index in [0.717, 1.165) is 0 Å². The molecule has 2 amide bonds. The summed E-state index contributed by atoms with van der Waals surface area (Å²) < 4.78 is 0. The van der Waals surface area contributed by atoms with Gasteiger partial charge in [-0.1, -0.05) is 30.3 Å². The molecule has 2 N–H and O–H groups in total. The van der Waals surface area contributed by atoms with Crippen LogP contribution < -0.4 is 10.6 Å². The van der Waals surface area contributed by atoms with E-state index in [9.17, 15) is 9.59 Å². The molecular weight excluding hydrogens is 310 g/mol. The lowest BCUT2D eigenvalue weighted by Crippen LogP contribution is -2.34. The van der Waals surface area contributed by atoms with Crippen LogP contribution in [-0.2, 0) is 0 Å². The Bertz CT molecular complexity index is 730. The molecule has 0 bridgehead atoms. The van der Waals surface area contributed by atoms with Crippen LogP contribution in [0.15, 0.2) is 54.6 Å². The van der Waals surface area contributed by atoms with Crippen LogP contribution in [0.25, 0.3) is 0 Å². The van der Waals surface area contributed by atoms with Crippen molar-refractivity contribution in [1.29, 1.82) is 0 Å². The second-order valence-corrected chi connectivity index (χ2v) is 5.43. The monoisotopic (exact) mass is 327 g/mol. The van der Waals surface area contributed by atoms with E-state index in [0.29, 0.717) is 16.8 Å². The molecule has 5 nitrogen and oxygen atoms in total. The fraction of sp³-hybridized carbons (Fsp3) is 0.118. The molecule has 0 saturated carbocycles. The number of carbonyl (C=O) groups is 2. The van der Waals surface area contributed by atoms with Gasteiger partial charge in [0.1, 0.15) is 0 Å². The molecule has 0 aliphatic carbocycles. The minimum Gasteiger partial charge on any atom is -0.345 e. The number of para-hydroxylation sites is 1. The highest BCUT2D eigenvalue weighted by molar-refractivity contribution is 7.80. The number of thiocarbonyl (C=S) groups is 1. The highest BCUT2D eigenvalue weighted by Gasteiger charge is 2.14. The standard InChI is InChI=1S/C17H17N3O2S/c1-20(2)16(22)13-10-6-7-11-14(13)18-17(23)19-15(21)12-8-4-3-5-9-12/h3-11H,1-2H3,(H2,18,19,21,23). The van der Waals surface area contributed by atoms with Gasteiger partial charge in [0, 0.05) is 19.7 Å². The first-order chi connectivity index (χ1) is 11.0. The van der Waals surface area contributed by atoms with Crippen LogP contribution in [0, 0.1) is 0 Å². The Morgan fingerprint density at radius 3 is 2.22 bits per heavy atom. The highest BCUT2D eigenvalue weighted by atomic mass is 32.1. The summed E-state index contributed by atoms with van der Waals surface area (Å²) in [5, 5.41) is 5.63. The lowest BCUT2D eigenvalue weighted by atomic mass is 10.1. The van der Waals surface area contributed by atoms with Crippen molar-refractivity contribution in [2.45, 2.75) is 0 Å². The van der Waals surface area contributed by atoms with Crippen LogP contribution in [0.3, 0.4) is 0 Å². The quantitative estimate of drug-likeness (QED) is 0.851. The average Bonchev–Trinajstić information content (AvgIpc) is 2.55. The number of benzene rings is 2. The topological polar surface area (TPSA) is 61.4 Å². The van der Waals surface area contributed by atoms with Gasteiger partial charge in [0.05, 0.1) is 11.3 Å². The second-order valence-electron chi connectivity index (χ2n) is 5.02. The first kappa shape index (κ1) is 16.6. The van der Waals surface area contributed by atoms with Crippen molar-refractivity contribution in [2.75, 3.05) is 19.4 Å². The zero-order valence-corrected chi connectivity index (χ0v) is 13.7. The maximum Gasteiger partial charge on any atom is 0.257 e. The van der Waals surface area contributed by atoms with E-state index >= 15 is 0 Å². The SMILES string of the molecule is CN(C)C(=O)c1ccccc1NC(=S)NC(=O)c1ccccc1. The van der Waals surface area contributed by atoms with E-state index in [4.69, 9.17) is 12.2 Å². The van der Waals surface area contributed by atoms with E-state index in [1.807, 2.05) is 6.07 Å². The minimum absolute atomic E-state index is 0.137. The van der Waals surface area contributed by atoms with E-state index < -0.39 is 0 Å². The van der Waals surface area contributed by atoms with Crippen molar-refractivity contribution >= 4 is 34.8 Å². The van der Waals surface area contributed by atoms with Gasteiger partial charge in [0.25, 0.3) is 11.8 Å². The molecule has 0 spiro atoms. The van der Waals surface area contributed by atoms with E-state index in [-0.39, 0.29) is 16.9 Å². The maximum absolute atomic E-state index is 12.1. The van der Waals surface area contributed by atoms with Gasteiger partial charge in [0.15, 0.2) is 5.11 Å². The van der Waals surface area contributed by atoms with Gasteiger partial charge in [-0.05, 0) is 36.5 Å². The zero-order chi connectivity index (χ0) is 16.8. The van der Waals surface area contributed by atoms with E-state index in [2.05, 4.69) is 10.6 Å². The Hall–Kier alpha value is -2.73. The van der Waals surface area contributed by atoms with Gasteiger partial charge < -0.3 is 10.2 Å². The molecule has 118 valence electrons. The predicted molar refractivity (Wildman–Crippen MR) is 94.6 cm³/mol. The molecule has 0 aromatic heterocycles. The zero-order valence-electron chi connectivity index (χ0n) is 12.9. The fourth-order valence-corrected chi connectivity index (χ4v) is 2.14.